The lowest BCUT2D eigenvalue weighted by Crippen LogP contribution is -2.42. The molecule has 5 rings (SSSR count). The maximum atomic E-state index is 5.83. The predicted octanol–water partition coefficient (Wildman–Crippen LogP) is 5.23. The molecule has 188 valence electrons. The summed E-state index contributed by atoms with van der Waals surface area (Å²) in [6.45, 7) is 9.66. The van der Waals surface area contributed by atoms with Crippen molar-refractivity contribution >= 4 is 10.9 Å². The van der Waals surface area contributed by atoms with Crippen molar-refractivity contribution in [1.29, 1.82) is 0 Å². The molecular weight excluding hydrogens is 438 g/mol. The summed E-state index contributed by atoms with van der Waals surface area (Å²) in [5.41, 5.74) is 3.63. The Morgan fingerprint density at radius 1 is 1.03 bits per heavy atom. The molecule has 0 bridgehead atoms. The summed E-state index contributed by atoms with van der Waals surface area (Å²) in [5, 5.41) is 4.94. The van der Waals surface area contributed by atoms with Crippen molar-refractivity contribution in [3.63, 3.8) is 0 Å². The van der Waals surface area contributed by atoms with Crippen LogP contribution in [0.2, 0.25) is 0 Å². The van der Waals surface area contributed by atoms with Gasteiger partial charge in [0.2, 0.25) is 0 Å². The Hall–Kier alpha value is -2.83. The summed E-state index contributed by atoms with van der Waals surface area (Å²) in [6.07, 6.45) is 6.11. The van der Waals surface area contributed by atoms with Crippen LogP contribution in [0.4, 0.5) is 0 Å². The number of hydrogen-bond donors (Lipinski definition) is 1. The molecule has 3 aromatic rings. The van der Waals surface area contributed by atoms with Crippen molar-refractivity contribution < 1.29 is 14.2 Å². The molecule has 6 heteroatoms. The van der Waals surface area contributed by atoms with E-state index in [0.717, 1.165) is 75.0 Å². The molecule has 0 radical (unpaired) electrons. The monoisotopic (exact) mass is 477 g/mol. The Bertz CT molecular complexity index is 1080. The molecule has 1 saturated heterocycles. The molecule has 3 heterocycles. The molecule has 0 atom stereocenters. The SMILES string of the molecule is CC.COc1cnc2cccc(CCN3CCC(NCc4ccc5c(c4)OCCCO5)CC3)c2c1. The van der Waals surface area contributed by atoms with Gasteiger partial charge in [-0.3, -0.25) is 4.98 Å². The van der Waals surface area contributed by atoms with Gasteiger partial charge in [0.05, 0.1) is 32.0 Å². The van der Waals surface area contributed by atoms with Gasteiger partial charge in [-0.05, 0) is 67.7 Å². The maximum absolute atomic E-state index is 5.83. The molecule has 0 spiro atoms. The zero-order valence-corrected chi connectivity index (χ0v) is 21.4. The Morgan fingerprint density at radius 2 is 1.83 bits per heavy atom. The largest absolute Gasteiger partial charge is 0.495 e. The van der Waals surface area contributed by atoms with E-state index in [1.54, 1.807) is 13.3 Å². The van der Waals surface area contributed by atoms with Crippen LogP contribution in [0.3, 0.4) is 0 Å². The van der Waals surface area contributed by atoms with Crippen LogP contribution in [0.15, 0.2) is 48.7 Å². The molecule has 35 heavy (non-hydrogen) atoms. The van der Waals surface area contributed by atoms with Gasteiger partial charge in [-0.2, -0.15) is 0 Å². The van der Waals surface area contributed by atoms with Gasteiger partial charge in [-0.15, -0.1) is 0 Å². The fourth-order valence-electron chi connectivity index (χ4n) is 4.74. The third kappa shape index (κ3) is 6.65. The second-order valence-electron chi connectivity index (χ2n) is 8.94. The highest BCUT2D eigenvalue weighted by Gasteiger charge is 2.19. The zero-order chi connectivity index (χ0) is 24.5. The maximum Gasteiger partial charge on any atom is 0.161 e. The molecule has 1 N–H and O–H groups in total. The number of benzene rings is 2. The van der Waals surface area contributed by atoms with Gasteiger partial charge in [-0.1, -0.05) is 32.0 Å². The highest BCUT2D eigenvalue weighted by atomic mass is 16.5. The average Bonchev–Trinajstić information content (AvgIpc) is 3.17. The lowest BCUT2D eigenvalue weighted by atomic mass is 10.0. The Kier molecular flexibility index (Phi) is 9.21. The number of pyridine rings is 1. The van der Waals surface area contributed by atoms with Crippen LogP contribution in [0.1, 0.15) is 44.2 Å². The first kappa shape index (κ1) is 25.3. The highest BCUT2D eigenvalue weighted by molar-refractivity contribution is 5.83. The van der Waals surface area contributed by atoms with Crippen molar-refractivity contribution in [3.05, 3.63) is 59.8 Å². The molecule has 0 amide bonds. The highest BCUT2D eigenvalue weighted by Crippen LogP contribution is 2.30. The van der Waals surface area contributed by atoms with E-state index in [-0.39, 0.29) is 0 Å². The number of nitrogens with one attached hydrogen (secondary N) is 1. The van der Waals surface area contributed by atoms with Gasteiger partial charge in [0, 0.05) is 30.9 Å². The minimum Gasteiger partial charge on any atom is -0.495 e. The molecule has 0 unspecified atom stereocenters. The molecule has 2 aromatic carbocycles. The second-order valence-corrected chi connectivity index (χ2v) is 8.94. The number of piperidine rings is 1. The van der Waals surface area contributed by atoms with Gasteiger partial charge in [-0.25, -0.2) is 0 Å². The van der Waals surface area contributed by atoms with Crippen molar-refractivity contribution in [2.24, 2.45) is 0 Å². The number of likely N-dealkylation sites (tertiary alicyclic amines) is 1. The number of ether oxygens (including phenoxy) is 3. The topological polar surface area (TPSA) is 55.9 Å². The Morgan fingerprint density at radius 3 is 2.63 bits per heavy atom. The second kappa shape index (κ2) is 12.8. The van der Waals surface area contributed by atoms with Gasteiger partial charge in [0.1, 0.15) is 5.75 Å². The van der Waals surface area contributed by atoms with E-state index in [9.17, 15) is 0 Å². The predicted molar refractivity (Wildman–Crippen MR) is 142 cm³/mol. The van der Waals surface area contributed by atoms with Crippen LogP contribution < -0.4 is 19.5 Å². The smallest absolute Gasteiger partial charge is 0.161 e. The van der Waals surface area contributed by atoms with Crippen molar-refractivity contribution in [1.82, 2.24) is 15.2 Å². The van der Waals surface area contributed by atoms with Crippen molar-refractivity contribution in [2.75, 3.05) is 40.0 Å². The van der Waals surface area contributed by atoms with Gasteiger partial charge in [0.25, 0.3) is 0 Å². The van der Waals surface area contributed by atoms with E-state index >= 15 is 0 Å². The van der Waals surface area contributed by atoms with Gasteiger partial charge in [0.15, 0.2) is 11.5 Å². The zero-order valence-electron chi connectivity index (χ0n) is 21.4. The molecule has 2 aliphatic heterocycles. The fraction of sp³-hybridized carbons (Fsp3) is 0.483. The molecule has 0 aliphatic carbocycles. The molecular formula is C29H39N3O3. The average molecular weight is 478 g/mol. The molecule has 0 saturated carbocycles. The van der Waals surface area contributed by atoms with Crippen LogP contribution in [0, 0.1) is 0 Å². The lowest BCUT2D eigenvalue weighted by Gasteiger charge is -2.32. The quantitative estimate of drug-likeness (QED) is 0.503. The van der Waals surface area contributed by atoms with Crippen LogP contribution in [0.5, 0.6) is 17.2 Å². The molecule has 1 aromatic heterocycles. The lowest BCUT2D eigenvalue weighted by molar-refractivity contribution is 0.199. The first-order chi connectivity index (χ1) is 17.3. The van der Waals surface area contributed by atoms with E-state index in [0.29, 0.717) is 6.04 Å². The summed E-state index contributed by atoms with van der Waals surface area (Å²) >= 11 is 0. The number of aromatic nitrogens is 1. The van der Waals surface area contributed by atoms with E-state index < -0.39 is 0 Å². The molecule has 1 fully saturated rings. The summed E-state index contributed by atoms with van der Waals surface area (Å²) in [6, 6.07) is 15.4. The summed E-state index contributed by atoms with van der Waals surface area (Å²) in [4.78, 5) is 7.11. The van der Waals surface area contributed by atoms with Gasteiger partial charge < -0.3 is 24.4 Å². The van der Waals surface area contributed by atoms with Crippen LogP contribution >= 0.6 is 0 Å². The third-order valence-corrected chi connectivity index (χ3v) is 6.72. The van der Waals surface area contributed by atoms with Crippen molar-refractivity contribution in [2.45, 2.75) is 52.1 Å². The summed E-state index contributed by atoms with van der Waals surface area (Å²) < 4.78 is 16.9. The fourth-order valence-corrected chi connectivity index (χ4v) is 4.74. The third-order valence-electron chi connectivity index (χ3n) is 6.72. The first-order valence-electron chi connectivity index (χ1n) is 13.0. The Balaban J connectivity index is 0.00000141. The van der Waals surface area contributed by atoms with E-state index in [1.165, 1.54) is 29.4 Å². The standard InChI is InChI=1S/C27H33N3O3.C2H6/c1-31-23-17-24-21(4-2-5-25(24)29-19-23)8-11-30-12-9-22(10-13-30)28-18-20-6-7-26-27(16-20)33-15-3-14-32-26;1-2/h2,4-7,16-17,19,22,28H,3,8-15,18H2,1H3;1-2H3. The summed E-state index contributed by atoms with van der Waals surface area (Å²) in [7, 11) is 1.69. The normalized spacial score (nSPS) is 16.3. The molecule has 2 aliphatic rings. The van der Waals surface area contributed by atoms with Crippen molar-refractivity contribution in [3.8, 4) is 17.2 Å². The summed E-state index contributed by atoms with van der Waals surface area (Å²) in [5.74, 6) is 2.56. The van der Waals surface area contributed by atoms with Crippen LogP contribution in [0.25, 0.3) is 10.9 Å². The minimum absolute atomic E-state index is 0.559. The molecule has 6 nitrogen and oxygen atoms in total. The van der Waals surface area contributed by atoms with Gasteiger partial charge >= 0.3 is 0 Å². The number of rotatable bonds is 7. The number of hydrogen-bond acceptors (Lipinski definition) is 6. The van der Waals surface area contributed by atoms with E-state index in [4.69, 9.17) is 14.2 Å². The number of nitrogens with zero attached hydrogens (tertiary/aromatic N) is 2. The first-order valence-corrected chi connectivity index (χ1v) is 13.0. The van der Waals surface area contributed by atoms with E-state index in [1.807, 2.05) is 19.9 Å². The number of fused-ring (bicyclic) bond motifs is 2. The number of methoxy groups -OCH3 is 1. The Labute approximate surface area is 209 Å². The van der Waals surface area contributed by atoms with Crippen LogP contribution in [-0.4, -0.2) is 55.9 Å². The van der Waals surface area contributed by atoms with Crippen LogP contribution in [-0.2, 0) is 13.0 Å². The van der Waals surface area contributed by atoms with E-state index in [2.05, 4.69) is 51.6 Å². The minimum atomic E-state index is 0.559.